The van der Waals surface area contributed by atoms with Gasteiger partial charge in [0.15, 0.2) is 0 Å². The molecule has 0 spiro atoms. The minimum atomic E-state index is -3.56. The SMILES string of the molecule is CN(CCc1nccs1)S(=O)(=O)c1ccc2c(c1)CC(=O)N2. The highest BCUT2D eigenvalue weighted by Crippen LogP contribution is 2.27. The molecule has 2 aromatic rings. The summed E-state index contributed by atoms with van der Waals surface area (Å²) < 4.78 is 26.5. The van der Waals surface area contributed by atoms with Gasteiger partial charge in [0, 0.05) is 37.3 Å². The summed E-state index contributed by atoms with van der Waals surface area (Å²) in [6.07, 6.45) is 2.51. The molecule has 3 rings (SSSR count). The molecule has 0 bridgehead atoms. The number of nitrogens with zero attached hydrogens (tertiary/aromatic N) is 2. The van der Waals surface area contributed by atoms with Crippen LogP contribution in [0.15, 0.2) is 34.7 Å². The van der Waals surface area contributed by atoms with Crippen LogP contribution in [0.25, 0.3) is 0 Å². The predicted octanol–water partition coefficient (Wildman–Crippen LogP) is 1.50. The van der Waals surface area contributed by atoms with Crippen molar-refractivity contribution in [1.29, 1.82) is 0 Å². The van der Waals surface area contributed by atoms with Crippen molar-refractivity contribution in [2.24, 2.45) is 0 Å². The van der Waals surface area contributed by atoms with Crippen molar-refractivity contribution < 1.29 is 13.2 Å². The fourth-order valence-corrected chi connectivity index (χ4v) is 4.13. The van der Waals surface area contributed by atoms with E-state index in [0.717, 1.165) is 10.6 Å². The lowest BCUT2D eigenvalue weighted by Crippen LogP contribution is -2.29. The molecule has 0 unspecified atom stereocenters. The van der Waals surface area contributed by atoms with Gasteiger partial charge in [-0.15, -0.1) is 11.3 Å². The van der Waals surface area contributed by atoms with Gasteiger partial charge in [0.1, 0.15) is 0 Å². The lowest BCUT2D eigenvalue weighted by Gasteiger charge is -2.17. The van der Waals surface area contributed by atoms with Crippen LogP contribution in [0.5, 0.6) is 0 Å². The third kappa shape index (κ3) is 2.90. The van der Waals surface area contributed by atoms with Gasteiger partial charge >= 0.3 is 0 Å². The molecule has 0 atom stereocenters. The molecule has 1 N–H and O–H groups in total. The largest absolute Gasteiger partial charge is 0.326 e. The first-order valence-electron chi connectivity index (χ1n) is 6.74. The number of anilines is 1. The molecule has 1 aliphatic rings. The minimum absolute atomic E-state index is 0.110. The zero-order valence-electron chi connectivity index (χ0n) is 11.9. The number of sulfonamides is 1. The molecule has 0 fully saturated rings. The molecular formula is C14H15N3O3S2. The summed E-state index contributed by atoms with van der Waals surface area (Å²) in [5.74, 6) is -0.110. The molecule has 2 heterocycles. The molecule has 1 aliphatic heterocycles. The van der Waals surface area contributed by atoms with Gasteiger partial charge in [0.25, 0.3) is 0 Å². The molecule has 22 heavy (non-hydrogen) atoms. The minimum Gasteiger partial charge on any atom is -0.326 e. The van der Waals surface area contributed by atoms with Gasteiger partial charge in [-0.05, 0) is 23.8 Å². The molecule has 0 saturated carbocycles. The Morgan fingerprint density at radius 1 is 1.41 bits per heavy atom. The summed E-state index contributed by atoms with van der Waals surface area (Å²) in [5.41, 5.74) is 1.41. The average Bonchev–Trinajstić information content (AvgIpc) is 3.11. The Balaban J connectivity index is 1.77. The third-order valence-electron chi connectivity index (χ3n) is 3.53. The van der Waals surface area contributed by atoms with Crippen LogP contribution < -0.4 is 5.32 Å². The first-order chi connectivity index (χ1) is 10.5. The summed E-state index contributed by atoms with van der Waals surface area (Å²) in [6, 6.07) is 4.74. The molecule has 1 aromatic heterocycles. The number of carbonyl (C=O) groups is 1. The zero-order valence-corrected chi connectivity index (χ0v) is 13.6. The Labute approximate surface area is 132 Å². The van der Waals surface area contributed by atoms with Gasteiger partial charge in [-0.25, -0.2) is 17.7 Å². The lowest BCUT2D eigenvalue weighted by molar-refractivity contribution is -0.115. The number of amides is 1. The van der Waals surface area contributed by atoms with E-state index in [9.17, 15) is 13.2 Å². The van der Waals surface area contributed by atoms with Crippen molar-refractivity contribution in [3.8, 4) is 0 Å². The summed E-state index contributed by atoms with van der Waals surface area (Å²) >= 11 is 1.51. The van der Waals surface area contributed by atoms with Crippen molar-refractivity contribution in [2.75, 3.05) is 18.9 Å². The van der Waals surface area contributed by atoms with E-state index >= 15 is 0 Å². The molecule has 0 saturated heterocycles. The average molecular weight is 337 g/mol. The van der Waals surface area contributed by atoms with Gasteiger partial charge in [-0.1, -0.05) is 0 Å². The fraction of sp³-hybridized carbons (Fsp3) is 0.286. The van der Waals surface area contributed by atoms with Crippen molar-refractivity contribution in [3.05, 3.63) is 40.3 Å². The Morgan fingerprint density at radius 2 is 2.23 bits per heavy atom. The Morgan fingerprint density at radius 3 is 2.95 bits per heavy atom. The van der Waals surface area contributed by atoms with Crippen LogP contribution in [0.1, 0.15) is 10.6 Å². The maximum Gasteiger partial charge on any atom is 0.242 e. The zero-order chi connectivity index (χ0) is 15.7. The van der Waals surface area contributed by atoms with Crippen LogP contribution in [0.4, 0.5) is 5.69 Å². The van der Waals surface area contributed by atoms with Crippen molar-refractivity contribution >= 4 is 33.0 Å². The highest BCUT2D eigenvalue weighted by atomic mass is 32.2. The smallest absolute Gasteiger partial charge is 0.242 e. The van der Waals surface area contributed by atoms with Gasteiger partial charge in [-0.3, -0.25) is 4.79 Å². The normalized spacial score (nSPS) is 14.2. The van der Waals surface area contributed by atoms with E-state index in [-0.39, 0.29) is 17.2 Å². The molecule has 1 amide bonds. The number of thiazole rings is 1. The molecule has 116 valence electrons. The maximum atomic E-state index is 12.6. The molecule has 0 aliphatic carbocycles. The molecular weight excluding hydrogens is 322 g/mol. The van der Waals surface area contributed by atoms with E-state index in [2.05, 4.69) is 10.3 Å². The van der Waals surface area contributed by atoms with Gasteiger partial charge in [0.05, 0.1) is 16.3 Å². The van der Waals surface area contributed by atoms with Crippen LogP contribution in [-0.2, 0) is 27.7 Å². The highest BCUT2D eigenvalue weighted by molar-refractivity contribution is 7.89. The molecule has 8 heteroatoms. The second-order valence-corrected chi connectivity index (χ2v) is 8.07. The first-order valence-corrected chi connectivity index (χ1v) is 9.06. The number of aromatic nitrogens is 1. The summed E-state index contributed by atoms with van der Waals surface area (Å²) in [5, 5.41) is 5.47. The van der Waals surface area contributed by atoms with Crippen LogP contribution in [0.2, 0.25) is 0 Å². The Hall–Kier alpha value is -1.77. The molecule has 6 nitrogen and oxygen atoms in total. The quantitative estimate of drug-likeness (QED) is 0.897. The Kier molecular flexibility index (Phi) is 3.98. The monoisotopic (exact) mass is 337 g/mol. The predicted molar refractivity (Wildman–Crippen MR) is 84.4 cm³/mol. The van der Waals surface area contributed by atoms with Crippen molar-refractivity contribution in [1.82, 2.24) is 9.29 Å². The van der Waals surface area contributed by atoms with E-state index in [0.29, 0.717) is 18.7 Å². The van der Waals surface area contributed by atoms with E-state index in [4.69, 9.17) is 0 Å². The van der Waals surface area contributed by atoms with Crippen molar-refractivity contribution in [2.45, 2.75) is 17.7 Å². The number of fused-ring (bicyclic) bond motifs is 1. The topological polar surface area (TPSA) is 79.4 Å². The lowest BCUT2D eigenvalue weighted by atomic mass is 10.2. The van der Waals surface area contributed by atoms with Crippen LogP contribution in [0, 0.1) is 0 Å². The van der Waals surface area contributed by atoms with Crippen LogP contribution in [-0.4, -0.2) is 37.2 Å². The first kappa shape index (κ1) is 15.1. The summed E-state index contributed by atoms with van der Waals surface area (Å²) in [4.78, 5) is 15.7. The number of hydrogen-bond acceptors (Lipinski definition) is 5. The maximum absolute atomic E-state index is 12.6. The number of nitrogens with one attached hydrogen (secondary N) is 1. The third-order valence-corrected chi connectivity index (χ3v) is 6.23. The number of carbonyl (C=O) groups excluding carboxylic acids is 1. The van der Waals surface area contributed by atoms with E-state index in [1.54, 1.807) is 25.4 Å². The number of benzene rings is 1. The van der Waals surface area contributed by atoms with E-state index in [1.165, 1.54) is 21.7 Å². The number of likely N-dealkylation sites (N-methyl/N-ethyl adjacent to an activating group) is 1. The van der Waals surface area contributed by atoms with Crippen molar-refractivity contribution in [3.63, 3.8) is 0 Å². The second-order valence-electron chi connectivity index (χ2n) is 5.05. The standard InChI is InChI=1S/C14H15N3O3S2/c1-17(6-4-14-15-5-7-21-14)22(19,20)11-2-3-12-10(8-11)9-13(18)16-12/h2-3,5,7-8H,4,6,9H2,1H3,(H,16,18). The molecule has 1 aromatic carbocycles. The van der Waals surface area contributed by atoms with Crippen LogP contribution >= 0.6 is 11.3 Å². The van der Waals surface area contributed by atoms with Gasteiger partial charge in [0.2, 0.25) is 15.9 Å². The Bertz CT molecular complexity index is 801. The fourth-order valence-electron chi connectivity index (χ4n) is 2.30. The summed E-state index contributed by atoms with van der Waals surface area (Å²) in [6.45, 7) is 0.365. The van der Waals surface area contributed by atoms with Gasteiger partial charge in [-0.2, -0.15) is 0 Å². The number of hydrogen-bond donors (Lipinski definition) is 1. The second kappa shape index (κ2) is 5.79. The molecule has 0 radical (unpaired) electrons. The van der Waals surface area contributed by atoms with Crippen LogP contribution in [0.3, 0.4) is 0 Å². The van der Waals surface area contributed by atoms with E-state index in [1.807, 2.05) is 5.38 Å². The summed E-state index contributed by atoms with van der Waals surface area (Å²) in [7, 11) is -2.01. The number of rotatable bonds is 5. The highest BCUT2D eigenvalue weighted by Gasteiger charge is 2.24. The van der Waals surface area contributed by atoms with Gasteiger partial charge < -0.3 is 5.32 Å². The van der Waals surface area contributed by atoms with E-state index < -0.39 is 10.0 Å².